The van der Waals surface area contributed by atoms with E-state index in [4.69, 9.17) is 9.05 Å². The van der Waals surface area contributed by atoms with E-state index in [-0.39, 0.29) is 0 Å². The van der Waals surface area contributed by atoms with Crippen LogP contribution < -0.4 is 9.05 Å². The molecule has 0 heterocycles. The average molecular weight is 1120 g/mol. The average Bonchev–Trinajstić information content (AvgIpc) is 3.38. The fraction of sp³-hybridized carbons (Fsp3) is 0.821. The minimum Gasteiger partial charge on any atom is -0.404 e. The summed E-state index contributed by atoms with van der Waals surface area (Å²) < 4.78 is 36.6. The Hall–Kier alpha value is -1.66. The van der Waals surface area contributed by atoms with Gasteiger partial charge in [-0.05, 0) is 96.9 Å². The Labute approximate surface area is 475 Å². The van der Waals surface area contributed by atoms with Crippen LogP contribution >= 0.6 is 15.6 Å². The molecule has 448 valence electrons. The zero-order valence-corrected chi connectivity index (χ0v) is 52.9. The molecule has 0 saturated carbocycles. The fourth-order valence-electron chi connectivity index (χ4n) is 12.1. The summed E-state index contributed by atoms with van der Waals surface area (Å²) in [5.41, 5.74) is 5.88. The molecule has 0 spiro atoms. The number of phosphoric ester groups is 2. The zero-order chi connectivity index (χ0) is 56.3. The second-order valence-electron chi connectivity index (χ2n) is 24.1. The molecule has 10 heteroatoms. The van der Waals surface area contributed by atoms with Gasteiger partial charge >= 0.3 is 15.6 Å². The van der Waals surface area contributed by atoms with Crippen molar-refractivity contribution in [2.45, 2.75) is 355 Å². The van der Waals surface area contributed by atoms with Gasteiger partial charge in [0.15, 0.2) is 0 Å². The lowest BCUT2D eigenvalue weighted by Gasteiger charge is -2.34. The number of hydrogen-bond acceptors (Lipinski definition) is 4. The van der Waals surface area contributed by atoms with Crippen molar-refractivity contribution in [3.63, 3.8) is 0 Å². The molecule has 8 nitrogen and oxygen atoms in total. The maximum atomic E-state index is 12.7. The third-order valence-corrected chi connectivity index (χ3v) is 17.5. The van der Waals surface area contributed by atoms with Crippen LogP contribution in [0.3, 0.4) is 0 Å². The minimum absolute atomic E-state index is 0.298. The van der Waals surface area contributed by atoms with E-state index in [1.165, 1.54) is 218 Å². The molecular weight excluding hydrogens is 995 g/mol. The van der Waals surface area contributed by atoms with E-state index in [0.717, 1.165) is 110 Å². The molecular formula is C67H122O8P2. The van der Waals surface area contributed by atoms with Gasteiger partial charge in [0.1, 0.15) is 11.5 Å². The SMILES string of the molecule is CCCCCCCCCCCCCc1c(OP(=O)(O)O)ccc(C(C)(C)c2ccc(OP(=O)(O)O)c(CCCCCCCCCCCCC)c2CCCCCCCCCCCCC)c1CCCCCCCCCCCCC. The van der Waals surface area contributed by atoms with Crippen molar-refractivity contribution in [2.75, 3.05) is 0 Å². The molecule has 2 rings (SSSR count). The van der Waals surface area contributed by atoms with Crippen LogP contribution in [0.4, 0.5) is 0 Å². The Morgan fingerprint density at radius 2 is 0.481 bits per heavy atom. The first-order chi connectivity index (χ1) is 37.2. The molecule has 0 unspecified atom stereocenters. The van der Waals surface area contributed by atoms with Crippen LogP contribution in [0, 0.1) is 0 Å². The first kappa shape index (κ1) is 71.4. The highest BCUT2D eigenvalue weighted by Crippen LogP contribution is 2.48. The molecule has 0 amide bonds. The fourth-order valence-corrected chi connectivity index (χ4v) is 12.9. The standard InChI is InChI=1S/C67H122O8P2/c1-7-11-15-19-23-27-31-35-39-43-47-51-59-61(53-49-45-41-37-33-29-25-21-17-13-9-3)65(74-76(68,69)70)57-55-63(59)67(5,6)64-56-58-66(75-77(71,72)73)62(54-50-46-42-38-34-30-26-22-18-14-10-4)60(64)52-48-44-40-36-32-28-24-20-16-12-8-2/h55-58H,7-54H2,1-6H3,(H2,68,69,70)(H2,71,72,73). The van der Waals surface area contributed by atoms with Gasteiger partial charge in [0.25, 0.3) is 0 Å². The van der Waals surface area contributed by atoms with Crippen LogP contribution in [0.2, 0.25) is 0 Å². The van der Waals surface area contributed by atoms with E-state index in [2.05, 4.69) is 53.7 Å². The Balaban J connectivity index is 2.59. The van der Waals surface area contributed by atoms with Gasteiger partial charge in [-0.15, -0.1) is 0 Å². The highest BCUT2D eigenvalue weighted by atomic mass is 31.2. The van der Waals surface area contributed by atoms with E-state index in [1.807, 2.05) is 12.1 Å². The van der Waals surface area contributed by atoms with Crippen LogP contribution in [-0.2, 0) is 40.2 Å². The second-order valence-corrected chi connectivity index (χ2v) is 26.4. The quantitative estimate of drug-likeness (QED) is 0.0380. The summed E-state index contributed by atoms with van der Waals surface area (Å²) >= 11 is 0. The molecule has 2 aromatic rings. The predicted octanol–water partition coefficient (Wildman–Crippen LogP) is 22.4. The van der Waals surface area contributed by atoms with E-state index in [0.29, 0.717) is 24.3 Å². The van der Waals surface area contributed by atoms with Crippen molar-refractivity contribution in [2.24, 2.45) is 0 Å². The molecule has 0 saturated heterocycles. The highest BCUT2D eigenvalue weighted by molar-refractivity contribution is 7.47. The normalized spacial score (nSPS) is 12.3. The molecule has 0 aromatic heterocycles. The van der Waals surface area contributed by atoms with Crippen molar-refractivity contribution in [1.29, 1.82) is 0 Å². The molecule has 0 aliphatic rings. The third kappa shape index (κ3) is 34.4. The smallest absolute Gasteiger partial charge is 0.404 e. The summed E-state index contributed by atoms with van der Waals surface area (Å²) in [5.74, 6) is 0.596. The van der Waals surface area contributed by atoms with E-state index in [1.54, 1.807) is 0 Å². The molecule has 77 heavy (non-hydrogen) atoms. The van der Waals surface area contributed by atoms with E-state index in [9.17, 15) is 28.7 Å². The number of phosphoric acid groups is 2. The number of rotatable bonds is 54. The first-order valence-electron chi connectivity index (χ1n) is 33.0. The van der Waals surface area contributed by atoms with E-state index < -0.39 is 21.1 Å². The molecule has 0 aliphatic heterocycles. The number of unbranched alkanes of at least 4 members (excludes halogenated alkanes) is 40. The van der Waals surface area contributed by atoms with Crippen LogP contribution in [0.25, 0.3) is 0 Å². The first-order valence-corrected chi connectivity index (χ1v) is 36.1. The van der Waals surface area contributed by atoms with Gasteiger partial charge in [0.05, 0.1) is 0 Å². The summed E-state index contributed by atoms with van der Waals surface area (Å²) in [7, 11) is -9.69. The Morgan fingerprint density at radius 1 is 0.299 bits per heavy atom. The van der Waals surface area contributed by atoms with Gasteiger partial charge in [0, 0.05) is 5.41 Å². The van der Waals surface area contributed by atoms with Gasteiger partial charge in [-0.3, -0.25) is 19.6 Å². The lowest BCUT2D eigenvalue weighted by atomic mass is 9.70. The van der Waals surface area contributed by atoms with E-state index >= 15 is 0 Å². The van der Waals surface area contributed by atoms with Gasteiger partial charge < -0.3 is 9.05 Å². The molecule has 0 bridgehead atoms. The summed E-state index contributed by atoms with van der Waals surface area (Å²) in [6, 6.07) is 7.76. The minimum atomic E-state index is -4.85. The largest absolute Gasteiger partial charge is 0.524 e. The third-order valence-electron chi connectivity index (χ3n) is 16.7. The topological polar surface area (TPSA) is 134 Å². The van der Waals surface area contributed by atoms with Crippen LogP contribution in [0.5, 0.6) is 11.5 Å². The summed E-state index contributed by atoms with van der Waals surface area (Å²) in [6.07, 6.45) is 57.2. The molecule has 4 N–H and O–H groups in total. The summed E-state index contributed by atoms with van der Waals surface area (Å²) in [5, 5.41) is 0. The molecule has 0 aliphatic carbocycles. The Morgan fingerprint density at radius 3 is 0.675 bits per heavy atom. The van der Waals surface area contributed by atoms with Crippen molar-refractivity contribution in [3.8, 4) is 11.5 Å². The maximum absolute atomic E-state index is 12.7. The number of benzene rings is 2. The van der Waals surface area contributed by atoms with Crippen LogP contribution in [0.15, 0.2) is 24.3 Å². The van der Waals surface area contributed by atoms with Gasteiger partial charge in [-0.2, -0.15) is 0 Å². The second kappa shape index (κ2) is 44.9. The number of hydrogen-bond donors (Lipinski definition) is 4. The lowest BCUT2D eigenvalue weighted by Crippen LogP contribution is -2.25. The van der Waals surface area contributed by atoms with Crippen molar-refractivity contribution in [1.82, 2.24) is 0 Å². The monoisotopic (exact) mass is 1120 g/mol. The Bertz CT molecular complexity index is 1700. The molecule has 0 radical (unpaired) electrons. The van der Waals surface area contributed by atoms with Crippen molar-refractivity contribution in [3.05, 3.63) is 57.6 Å². The summed E-state index contributed by atoms with van der Waals surface area (Å²) in [4.78, 5) is 41.2. The maximum Gasteiger partial charge on any atom is 0.524 e. The van der Waals surface area contributed by atoms with Crippen LogP contribution in [-0.4, -0.2) is 19.6 Å². The van der Waals surface area contributed by atoms with Crippen molar-refractivity contribution < 1.29 is 37.8 Å². The lowest BCUT2D eigenvalue weighted by molar-refractivity contribution is 0.279. The molecule has 0 fully saturated rings. The van der Waals surface area contributed by atoms with Gasteiger partial charge in [-0.25, -0.2) is 9.13 Å². The molecule has 2 aromatic carbocycles. The van der Waals surface area contributed by atoms with Crippen LogP contribution in [0.1, 0.15) is 357 Å². The highest BCUT2D eigenvalue weighted by Gasteiger charge is 2.33. The predicted molar refractivity (Wildman–Crippen MR) is 331 cm³/mol. The Kier molecular flexibility index (Phi) is 41.7. The molecule has 0 atom stereocenters. The zero-order valence-electron chi connectivity index (χ0n) is 51.1. The van der Waals surface area contributed by atoms with Crippen molar-refractivity contribution >= 4 is 15.6 Å². The summed E-state index contributed by atoms with van der Waals surface area (Å²) in [6.45, 7) is 13.6. The van der Waals surface area contributed by atoms with Gasteiger partial charge in [-0.1, -0.05) is 311 Å². The van der Waals surface area contributed by atoms with Gasteiger partial charge in [0.2, 0.25) is 0 Å².